The largest absolute Gasteiger partial charge is 0.514 e. The number of aryl methyl sites for hydroxylation is 1. The molecule has 1 aliphatic rings. The van der Waals surface area contributed by atoms with Crippen molar-refractivity contribution in [2.75, 3.05) is 18.0 Å². The highest BCUT2D eigenvalue weighted by Gasteiger charge is 2.28. The van der Waals surface area contributed by atoms with E-state index >= 15 is 0 Å². The maximum atomic E-state index is 13.6. The highest BCUT2D eigenvalue weighted by Crippen LogP contribution is 2.31. The van der Waals surface area contributed by atoms with Crippen molar-refractivity contribution in [3.8, 4) is 16.9 Å². The zero-order valence-electron chi connectivity index (χ0n) is 27.5. The van der Waals surface area contributed by atoms with Crippen molar-refractivity contribution in [1.82, 2.24) is 19.4 Å². The summed E-state index contributed by atoms with van der Waals surface area (Å²) in [7, 11) is 0. The number of benzene rings is 3. The van der Waals surface area contributed by atoms with Gasteiger partial charge < -0.3 is 18.9 Å². The molecular formula is C38H41N5O4. The van der Waals surface area contributed by atoms with E-state index in [0.717, 1.165) is 65.0 Å². The van der Waals surface area contributed by atoms with Gasteiger partial charge >= 0.3 is 12.2 Å². The van der Waals surface area contributed by atoms with Crippen LogP contribution < -0.4 is 9.64 Å². The first-order valence-corrected chi connectivity index (χ1v) is 16.2. The molecule has 0 N–H and O–H groups in total. The molecule has 242 valence electrons. The Morgan fingerprint density at radius 2 is 1.55 bits per heavy atom. The summed E-state index contributed by atoms with van der Waals surface area (Å²) in [5.74, 6) is 2.04. The summed E-state index contributed by atoms with van der Waals surface area (Å²) < 4.78 is 13.1. The van der Waals surface area contributed by atoms with E-state index in [9.17, 15) is 9.59 Å². The normalized spacial score (nSPS) is 13.7. The molecule has 5 aromatic rings. The van der Waals surface area contributed by atoms with E-state index in [1.165, 1.54) is 0 Å². The average molecular weight is 632 g/mol. The van der Waals surface area contributed by atoms with Gasteiger partial charge in [-0.05, 0) is 68.5 Å². The molecule has 9 nitrogen and oxygen atoms in total. The van der Waals surface area contributed by atoms with Gasteiger partial charge in [0, 0.05) is 31.6 Å². The van der Waals surface area contributed by atoms with Crippen LogP contribution in [0.15, 0.2) is 91.0 Å². The summed E-state index contributed by atoms with van der Waals surface area (Å²) >= 11 is 0. The number of fused-ring (bicyclic) bond motifs is 1. The SMILES string of the molecule is CCCc1nc2ccc(N3CCCN(Cc4ccccc4)C3=O)nc2n1Cc1ccc(-c2ccccc2OC(=O)OC(C)(C)C)cc1. The molecule has 47 heavy (non-hydrogen) atoms. The molecule has 6 rings (SSSR count). The van der Waals surface area contributed by atoms with Crippen LogP contribution in [0.1, 0.15) is 57.5 Å². The summed E-state index contributed by atoms with van der Waals surface area (Å²) in [5, 5.41) is 0. The Balaban J connectivity index is 1.25. The zero-order valence-corrected chi connectivity index (χ0v) is 27.5. The first-order valence-electron chi connectivity index (χ1n) is 16.2. The van der Waals surface area contributed by atoms with Gasteiger partial charge in [-0.15, -0.1) is 0 Å². The van der Waals surface area contributed by atoms with Crippen molar-refractivity contribution in [3.05, 3.63) is 108 Å². The van der Waals surface area contributed by atoms with Crippen molar-refractivity contribution >= 4 is 29.2 Å². The molecule has 0 aliphatic carbocycles. The number of urea groups is 1. The fourth-order valence-corrected chi connectivity index (χ4v) is 5.84. The Morgan fingerprint density at radius 1 is 0.830 bits per heavy atom. The minimum atomic E-state index is -0.737. The van der Waals surface area contributed by atoms with Crippen LogP contribution in [0.5, 0.6) is 5.75 Å². The molecule has 1 aliphatic heterocycles. The van der Waals surface area contributed by atoms with Gasteiger partial charge in [0.2, 0.25) is 0 Å². The van der Waals surface area contributed by atoms with Crippen LogP contribution in [-0.4, -0.2) is 50.3 Å². The fraction of sp³-hybridized carbons (Fsp3) is 0.316. The van der Waals surface area contributed by atoms with E-state index in [-0.39, 0.29) is 6.03 Å². The van der Waals surface area contributed by atoms with Gasteiger partial charge in [-0.1, -0.05) is 79.7 Å². The van der Waals surface area contributed by atoms with Gasteiger partial charge in [0.25, 0.3) is 0 Å². The van der Waals surface area contributed by atoms with Gasteiger partial charge in [-0.25, -0.2) is 19.6 Å². The maximum Gasteiger partial charge on any atom is 0.514 e. The smallest absolute Gasteiger partial charge is 0.428 e. The van der Waals surface area contributed by atoms with Crippen LogP contribution >= 0.6 is 0 Å². The maximum absolute atomic E-state index is 13.6. The van der Waals surface area contributed by atoms with Crippen LogP contribution in [0.4, 0.5) is 15.4 Å². The molecule has 2 aromatic heterocycles. The Labute approximate surface area is 275 Å². The molecule has 1 fully saturated rings. The highest BCUT2D eigenvalue weighted by molar-refractivity contribution is 5.92. The number of hydrogen-bond donors (Lipinski definition) is 0. The summed E-state index contributed by atoms with van der Waals surface area (Å²) in [5.41, 5.74) is 4.82. The monoisotopic (exact) mass is 631 g/mol. The second kappa shape index (κ2) is 13.7. The number of carbonyl (C=O) groups is 2. The number of amides is 2. The van der Waals surface area contributed by atoms with E-state index in [1.807, 2.05) is 77.7 Å². The Morgan fingerprint density at radius 3 is 2.30 bits per heavy atom. The predicted molar refractivity (Wildman–Crippen MR) is 184 cm³/mol. The van der Waals surface area contributed by atoms with Gasteiger partial charge in [0.05, 0.1) is 6.54 Å². The number of ether oxygens (including phenoxy) is 2. The number of para-hydroxylation sites is 1. The first-order chi connectivity index (χ1) is 22.7. The lowest BCUT2D eigenvalue weighted by Gasteiger charge is -2.35. The standard InChI is InChI=1S/C38H41N5O4/c1-5-12-33-39-31-21-22-34(42-24-11-23-41(36(42)44)25-27-13-7-6-8-14-27)40-35(31)43(33)26-28-17-19-29(20-18-28)30-15-9-10-16-32(30)46-37(45)47-38(2,3)4/h6-10,13-22H,5,11-12,23-26H2,1-4H3. The fourth-order valence-electron chi connectivity index (χ4n) is 5.84. The molecule has 0 radical (unpaired) electrons. The molecule has 3 aromatic carbocycles. The van der Waals surface area contributed by atoms with Crippen molar-refractivity contribution in [1.29, 1.82) is 0 Å². The molecule has 0 saturated carbocycles. The number of carbonyl (C=O) groups excluding carboxylic acids is 2. The highest BCUT2D eigenvalue weighted by atomic mass is 16.7. The topological polar surface area (TPSA) is 89.8 Å². The molecule has 0 spiro atoms. The Bertz CT molecular complexity index is 1860. The molecule has 9 heteroatoms. The van der Waals surface area contributed by atoms with E-state index in [2.05, 4.69) is 23.6 Å². The van der Waals surface area contributed by atoms with Crippen LogP contribution in [-0.2, 0) is 24.2 Å². The molecule has 1 saturated heterocycles. The van der Waals surface area contributed by atoms with Crippen LogP contribution in [0.2, 0.25) is 0 Å². The van der Waals surface area contributed by atoms with Crippen LogP contribution in [0, 0.1) is 0 Å². The molecular weight excluding hydrogens is 590 g/mol. The third-order valence-electron chi connectivity index (χ3n) is 8.01. The van der Waals surface area contributed by atoms with Gasteiger partial charge in [-0.2, -0.15) is 0 Å². The second-order valence-corrected chi connectivity index (χ2v) is 12.8. The molecule has 3 heterocycles. The summed E-state index contributed by atoms with van der Waals surface area (Å²) in [6.45, 7) is 10.0. The molecule has 0 atom stereocenters. The van der Waals surface area contributed by atoms with Crippen molar-refractivity contribution < 1.29 is 19.1 Å². The van der Waals surface area contributed by atoms with E-state index in [1.54, 1.807) is 31.7 Å². The van der Waals surface area contributed by atoms with Crippen molar-refractivity contribution in [2.45, 2.75) is 65.6 Å². The number of nitrogens with zero attached hydrogens (tertiary/aromatic N) is 5. The minimum absolute atomic E-state index is 0.0293. The van der Waals surface area contributed by atoms with Crippen molar-refractivity contribution in [3.63, 3.8) is 0 Å². The third-order valence-corrected chi connectivity index (χ3v) is 8.01. The molecule has 0 bridgehead atoms. The lowest BCUT2D eigenvalue weighted by atomic mass is 10.0. The first kappa shape index (κ1) is 31.8. The molecule has 2 amide bonds. The Kier molecular flexibility index (Phi) is 9.24. The van der Waals surface area contributed by atoms with Crippen LogP contribution in [0.25, 0.3) is 22.3 Å². The van der Waals surface area contributed by atoms with E-state index in [0.29, 0.717) is 31.2 Å². The Hall–Kier alpha value is -5.18. The lowest BCUT2D eigenvalue weighted by Crippen LogP contribution is -2.49. The van der Waals surface area contributed by atoms with Gasteiger partial charge in [0.1, 0.15) is 28.5 Å². The predicted octanol–water partition coefficient (Wildman–Crippen LogP) is 8.25. The van der Waals surface area contributed by atoms with Gasteiger partial charge in [0.15, 0.2) is 5.65 Å². The summed E-state index contributed by atoms with van der Waals surface area (Å²) in [6.07, 6.45) is 1.89. The number of aromatic nitrogens is 3. The number of hydrogen-bond acceptors (Lipinski definition) is 6. The number of anilines is 1. The van der Waals surface area contributed by atoms with Crippen molar-refractivity contribution in [2.24, 2.45) is 0 Å². The summed E-state index contributed by atoms with van der Waals surface area (Å²) in [4.78, 5) is 39.6. The van der Waals surface area contributed by atoms with E-state index in [4.69, 9.17) is 19.4 Å². The number of rotatable bonds is 9. The minimum Gasteiger partial charge on any atom is -0.428 e. The zero-order chi connectivity index (χ0) is 33.0. The molecule has 0 unspecified atom stereocenters. The quantitative estimate of drug-likeness (QED) is 0.120. The van der Waals surface area contributed by atoms with E-state index < -0.39 is 11.8 Å². The lowest BCUT2D eigenvalue weighted by molar-refractivity contribution is 0.0207. The average Bonchev–Trinajstić information content (AvgIpc) is 3.38. The van der Waals surface area contributed by atoms with Gasteiger partial charge in [-0.3, -0.25) is 4.90 Å². The number of pyridine rings is 1. The third kappa shape index (κ3) is 7.46. The summed E-state index contributed by atoms with van der Waals surface area (Å²) in [6, 6.07) is 29.6. The number of imidazole rings is 1. The van der Waals surface area contributed by atoms with Crippen LogP contribution in [0.3, 0.4) is 0 Å². The second-order valence-electron chi connectivity index (χ2n) is 12.8.